The van der Waals surface area contributed by atoms with Gasteiger partial charge in [0, 0.05) is 40.2 Å². The van der Waals surface area contributed by atoms with Gasteiger partial charge in [-0.25, -0.2) is 4.98 Å². The number of methoxy groups -OCH3 is 1. The van der Waals surface area contributed by atoms with Gasteiger partial charge in [0.1, 0.15) is 11.4 Å². The number of hydrogen-bond donors (Lipinski definition) is 1. The first-order valence-corrected chi connectivity index (χ1v) is 10.4. The van der Waals surface area contributed by atoms with Crippen molar-refractivity contribution >= 4 is 27.6 Å². The molecule has 0 aliphatic heterocycles. The predicted molar refractivity (Wildman–Crippen MR) is 129 cm³/mol. The van der Waals surface area contributed by atoms with Crippen LogP contribution in [-0.2, 0) is 0 Å². The molecule has 0 fully saturated rings. The zero-order valence-corrected chi connectivity index (χ0v) is 18.1. The average molecular weight is 425 g/mol. The molecule has 2 aromatic heterocycles. The topological polar surface area (TPSA) is 81.0 Å². The Hall–Kier alpha value is -4.19. The molecule has 2 heterocycles. The van der Waals surface area contributed by atoms with E-state index in [1.54, 1.807) is 25.4 Å². The Kier molecular flexibility index (Phi) is 5.85. The van der Waals surface area contributed by atoms with Crippen LogP contribution < -0.4 is 4.74 Å². The molecule has 0 radical (unpaired) electrons. The molecule has 0 amide bonds. The average Bonchev–Trinajstić information content (AvgIpc) is 3.22. The van der Waals surface area contributed by atoms with Gasteiger partial charge < -0.3 is 9.72 Å². The molecule has 0 aliphatic carbocycles. The molecule has 6 nitrogen and oxygen atoms in total. The van der Waals surface area contributed by atoms with Crippen LogP contribution in [0.25, 0.3) is 44.2 Å². The number of nitro benzene ring substituents is 1. The lowest BCUT2D eigenvalue weighted by Gasteiger charge is -2.05. The van der Waals surface area contributed by atoms with Crippen molar-refractivity contribution in [1.82, 2.24) is 9.97 Å². The van der Waals surface area contributed by atoms with Crippen molar-refractivity contribution in [2.45, 2.75) is 13.8 Å². The molecule has 0 aliphatic rings. The number of pyridine rings is 1. The number of benzene rings is 3. The highest BCUT2D eigenvalue weighted by atomic mass is 16.6. The Balaban J connectivity index is 0.00000119. The number of rotatable bonds is 4. The van der Waals surface area contributed by atoms with Gasteiger partial charge in [0.25, 0.3) is 5.69 Å². The molecular formula is C26H23N3O3. The number of fused-ring (bicyclic) bond motifs is 3. The van der Waals surface area contributed by atoms with Gasteiger partial charge in [-0.3, -0.25) is 10.1 Å². The number of aromatic nitrogens is 2. The van der Waals surface area contributed by atoms with Crippen molar-refractivity contribution in [3.05, 3.63) is 89.1 Å². The number of H-pyrrole nitrogens is 1. The maximum absolute atomic E-state index is 11.1. The van der Waals surface area contributed by atoms with Crippen LogP contribution in [0.3, 0.4) is 0 Å². The Labute approximate surface area is 185 Å². The summed E-state index contributed by atoms with van der Waals surface area (Å²) in [5, 5.41) is 13.1. The van der Waals surface area contributed by atoms with E-state index in [1.165, 1.54) is 6.07 Å². The number of non-ortho nitro benzene ring substituents is 1. The third kappa shape index (κ3) is 3.90. The quantitative estimate of drug-likeness (QED) is 0.248. The van der Waals surface area contributed by atoms with Crippen LogP contribution in [-0.4, -0.2) is 22.0 Å². The fraction of sp³-hybridized carbons (Fsp3) is 0.115. The number of ether oxygens (including phenoxy) is 1. The molecule has 6 heteroatoms. The maximum atomic E-state index is 11.1. The van der Waals surface area contributed by atoms with E-state index < -0.39 is 0 Å². The SMILES string of the molecule is CC.COc1ccc(-c2ccc3[nH]c4ncc(-c5cccc([N+](=O)[O-])c5)cc4c3c2)cc1. The van der Waals surface area contributed by atoms with Crippen molar-refractivity contribution in [1.29, 1.82) is 0 Å². The third-order valence-electron chi connectivity index (χ3n) is 5.26. The van der Waals surface area contributed by atoms with Crippen LogP contribution in [0.1, 0.15) is 13.8 Å². The van der Waals surface area contributed by atoms with Crippen molar-refractivity contribution in [2.75, 3.05) is 7.11 Å². The number of hydrogen-bond acceptors (Lipinski definition) is 4. The molecule has 0 atom stereocenters. The predicted octanol–water partition coefficient (Wildman–Crippen LogP) is 6.99. The van der Waals surface area contributed by atoms with E-state index in [9.17, 15) is 10.1 Å². The second-order valence-corrected chi connectivity index (χ2v) is 7.04. The van der Waals surface area contributed by atoms with E-state index in [0.29, 0.717) is 0 Å². The Morgan fingerprint density at radius 1 is 0.844 bits per heavy atom. The second-order valence-electron chi connectivity index (χ2n) is 7.04. The Morgan fingerprint density at radius 2 is 1.53 bits per heavy atom. The normalized spacial score (nSPS) is 10.6. The van der Waals surface area contributed by atoms with Crippen LogP contribution in [0.5, 0.6) is 5.75 Å². The first-order valence-electron chi connectivity index (χ1n) is 10.4. The molecular weight excluding hydrogens is 402 g/mol. The second kappa shape index (κ2) is 8.89. The van der Waals surface area contributed by atoms with E-state index in [4.69, 9.17) is 4.74 Å². The number of nitro groups is 1. The zero-order valence-electron chi connectivity index (χ0n) is 18.1. The van der Waals surface area contributed by atoms with Gasteiger partial charge >= 0.3 is 0 Å². The lowest BCUT2D eigenvalue weighted by molar-refractivity contribution is -0.384. The molecule has 1 N–H and O–H groups in total. The van der Waals surface area contributed by atoms with E-state index in [2.05, 4.69) is 22.1 Å². The van der Waals surface area contributed by atoms with Gasteiger partial charge in [0.2, 0.25) is 0 Å². The summed E-state index contributed by atoms with van der Waals surface area (Å²) in [4.78, 5) is 18.6. The maximum Gasteiger partial charge on any atom is 0.270 e. The van der Waals surface area contributed by atoms with Gasteiger partial charge in [-0.1, -0.05) is 44.2 Å². The fourth-order valence-electron chi connectivity index (χ4n) is 3.69. The highest BCUT2D eigenvalue weighted by Crippen LogP contribution is 2.33. The summed E-state index contributed by atoms with van der Waals surface area (Å²) in [6.45, 7) is 4.00. The third-order valence-corrected chi connectivity index (χ3v) is 5.26. The van der Waals surface area contributed by atoms with Crippen molar-refractivity contribution in [3.8, 4) is 28.0 Å². The van der Waals surface area contributed by atoms with Gasteiger partial charge in [0.15, 0.2) is 0 Å². The molecule has 0 unspecified atom stereocenters. The monoisotopic (exact) mass is 425 g/mol. The minimum absolute atomic E-state index is 0.0633. The molecule has 0 saturated heterocycles. The van der Waals surface area contributed by atoms with E-state index in [-0.39, 0.29) is 10.6 Å². The molecule has 5 aromatic rings. The smallest absolute Gasteiger partial charge is 0.270 e. The van der Waals surface area contributed by atoms with Gasteiger partial charge in [-0.2, -0.15) is 0 Å². The minimum Gasteiger partial charge on any atom is -0.497 e. The lowest BCUT2D eigenvalue weighted by Crippen LogP contribution is -1.88. The summed E-state index contributed by atoms with van der Waals surface area (Å²) in [5.41, 5.74) is 5.62. The van der Waals surface area contributed by atoms with Crippen LogP contribution in [0.4, 0.5) is 5.69 Å². The van der Waals surface area contributed by atoms with E-state index in [0.717, 1.165) is 49.9 Å². The summed E-state index contributed by atoms with van der Waals surface area (Å²) >= 11 is 0. The highest BCUT2D eigenvalue weighted by molar-refractivity contribution is 6.08. The summed E-state index contributed by atoms with van der Waals surface area (Å²) in [5.74, 6) is 0.817. The molecule has 32 heavy (non-hydrogen) atoms. The first kappa shape index (κ1) is 21.1. The van der Waals surface area contributed by atoms with Crippen LogP contribution in [0.15, 0.2) is 79.0 Å². The van der Waals surface area contributed by atoms with Gasteiger partial charge in [-0.05, 0) is 47.0 Å². The number of nitrogens with one attached hydrogen (secondary N) is 1. The van der Waals surface area contributed by atoms with Crippen LogP contribution in [0.2, 0.25) is 0 Å². The largest absolute Gasteiger partial charge is 0.497 e. The van der Waals surface area contributed by atoms with Crippen LogP contribution in [0, 0.1) is 10.1 Å². The first-order chi connectivity index (χ1) is 15.6. The molecule has 3 aromatic carbocycles. The summed E-state index contributed by atoms with van der Waals surface area (Å²) in [6.07, 6.45) is 1.74. The van der Waals surface area contributed by atoms with E-state index in [1.807, 2.05) is 56.3 Å². The fourth-order valence-corrected chi connectivity index (χ4v) is 3.69. The molecule has 0 saturated carbocycles. The Morgan fingerprint density at radius 3 is 2.25 bits per heavy atom. The molecule has 0 spiro atoms. The summed E-state index contributed by atoms with van der Waals surface area (Å²) in [7, 11) is 1.65. The summed E-state index contributed by atoms with van der Waals surface area (Å²) < 4.78 is 5.24. The van der Waals surface area contributed by atoms with Crippen LogP contribution >= 0.6 is 0 Å². The molecule has 0 bridgehead atoms. The molecule has 160 valence electrons. The minimum atomic E-state index is -0.387. The zero-order chi connectivity index (χ0) is 22.7. The number of aromatic amines is 1. The standard InChI is InChI=1S/C24H17N3O3.C2H6/c1-30-20-8-5-15(6-9-20)17-7-10-23-21(12-17)22-13-18(14-25-24(22)26-23)16-3-2-4-19(11-16)27(28)29;1-2/h2-14H,1H3,(H,25,26);1-2H3. The summed E-state index contributed by atoms with van der Waals surface area (Å²) in [6, 6.07) is 22.8. The van der Waals surface area contributed by atoms with Crippen molar-refractivity contribution in [3.63, 3.8) is 0 Å². The molecule has 5 rings (SSSR count). The highest BCUT2D eigenvalue weighted by Gasteiger charge is 2.11. The van der Waals surface area contributed by atoms with Crippen molar-refractivity contribution in [2.24, 2.45) is 0 Å². The van der Waals surface area contributed by atoms with Gasteiger partial charge in [-0.15, -0.1) is 0 Å². The van der Waals surface area contributed by atoms with E-state index >= 15 is 0 Å². The Bertz CT molecular complexity index is 1410. The number of nitrogens with zero attached hydrogens (tertiary/aromatic N) is 2. The lowest BCUT2D eigenvalue weighted by atomic mass is 10.0. The van der Waals surface area contributed by atoms with Crippen molar-refractivity contribution < 1.29 is 9.66 Å². The van der Waals surface area contributed by atoms with Gasteiger partial charge in [0.05, 0.1) is 12.0 Å².